The highest BCUT2D eigenvalue weighted by Gasteiger charge is 2.38. The molecule has 0 unspecified atom stereocenters. The van der Waals surface area contributed by atoms with E-state index in [1.807, 2.05) is 76.2 Å². The number of benzene rings is 2. The number of carboxylic acid groups (broad SMARTS) is 1. The smallest absolute Gasteiger partial charge is 0.490 e. The Morgan fingerprint density at radius 1 is 1.00 bits per heavy atom. The van der Waals surface area contributed by atoms with Gasteiger partial charge in [0.15, 0.2) is 0 Å². The average molecular weight is 583 g/mol. The van der Waals surface area contributed by atoms with Gasteiger partial charge in [0, 0.05) is 43.7 Å². The van der Waals surface area contributed by atoms with Gasteiger partial charge in [-0.05, 0) is 36.2 Å². The van der Waals surface area contributed by atoms with E-state index < -0.39 is 12.1 Å². The fourth-order valence-electron chi connectivity index (χ4n) is 4.74. The quantitative estimate of drug-likeness (QED) is 0.343. The SMILES string of the molecule is COc1ccc(CN2CCCn3c(C(=O)N(C)Cc4ccccn4)c4ccccc4c3C2=O)cc1.O=C(O)C(F)(F)F. The van der Waals surface area contributed by atoms with Gasteiger partial charge in [-0.3, -0.25) is 14.6 Å². The summed E-state index contributed by atoms with van der Waals surface area (Å²) in [6, 6.07) is 21.1. The maximum atomic E-state index is 13.8. The summed E-state index contributed by atoms with van der Waals surface area (Å²) in [7, 11) is 3.42. The van der Waals surface area contributed by atoms with E-state index in [4.69, 9.17) is 14.6 Å². The van der Waals surface area contributed by atoms with E-state index in [2.05, 4.69) is 4.98 Å². The van der Waals surface area contributed by atoms with Gasteiger partial charge in [-0.15, -0.1) is 0 Å². The number of carbonyl (C=O) groups excluding carboxylic acids is 2. The van der Waals surface area contributed by atoms with E-state index in [1.165, 1.54) is 0 Å². The van der Waals surface area contributed by atoms with Gasteiger partial charge in [0.05, 0.1) is 19.3 Å². The highest BCUT2D eigenvalue weighted by atomic mass is 19.4. The van der Waals surface area contributed by atoms with E-state index in [0.717, 1.165) is 34.2 Å². The van der Waals surface area contributed by atoms with Crippen LogP contribution in [0.5, 0.6) is 5.75 Å². The third kappa shape index (κ3) is 6.70. The van der Waals surface area contributed by atoms with Crippen LogP contribution in [0.2, 0.25) is 0 Å². The number of fused-ring (bicyclic) bond motifs is 3. The minimum atomic E-state index is -5.08. The number of carbonyl (C=O) groups is 3. The maximum Gasteiger partial charge on any atom is 0.490 e. The second-order valence-corrected chi connectivity index (χ2v) is 9.61. The molecule has 0 spiro atoms. The van der Waals surface area contributed by atoms with E-state index in [1.54, 1.807) is 25.3 Å². The van der Waals surface area contributed by atoms with Crippen molar-refractivity contribution in [3.8, 4) is 5.75 Å². The first-order valence-corrected chi connectivity index (χ1v) is 13.0. The van der Waals surface area contributed by atoms with Crippen molar-refractivity contribution in [3.63, 3.8) is 0 Å². The first kappa shape index (κ1) is 30.1. The lowest BCUT2D eigenvalue weighted by Crippen LogP contribution is -2.31. The normalized spacial score (nSPS) is 13.1. The number of nitrogens with zero attached hydrogens (tertiary/aromatic N) is 4. The summed E-state index contributed by atoms with van der Waals surface area (Å²) in [4.78, 5) is 44.3. The van der Waals surface area contributed by atoms with Gasteiger partial charge >= 0.3 is 12.1 Å². The van der Waals surface area contributed by atoms with Crippen LogP contribution < -0.4 is 4.74 Å². The van der Waals surface area contributed by atoms with Gasteiger partial charge < -0.3 is 24.2 Å². The molecule has 4 aromatic rings. The van der Waals surface area contributed by atoms with Crippen molar-refractivity contribution >= 4 is 28.6 Å². The molecule has 2 aromatic heterocycles. The molecule has 1 aliphatic rings. The number of methoxy groups -OCH3 is 1. The van der Waals surface area contributed by atoms with Crippen LogP contribution >= 0.6 is 0 Å². The number of halogens is 3. The van der Waals surface area contributed by atoms with Crippen LogP contribution in [0.1, 0.15) is 38.7 Å². The summed E-state index contributed by atoms with van der Waals surface area (Å²) in [6.45, 7) is 2.13. The van der Waals surface area contributed by atoms with Gasteiger partial charge in [0.2, 0.25) is 0 Å². The number of hydrogen-bond donors (Lipinski definition) is 1. The number of alkyl halides is 3. The van der Waals surface area contributed by atoms with E-state index in [0.29, 0.717) is 37.6 Å². The monoisotopic (exact) mass is 582 g/mol. The van der Waals surface area contributed by atoms with Crippen molar-refractivity contribution in [1.29, 1.82) is 0 Å². The van der Waals surface area contributed by atoms with Crippen LogP contribution in [0.3, 0.4) is 0 Å². The lowest BCUT2D eigenvalue weighted by atomic mass is 10.1. The van der Waals surface area contributed by atoms with Crippen molar-refractivity contribution < 1.29 is 37.4 Å². The highest BCUT2D eigenvalue weighted by molar-refractivity contribution is 6.14. The Kier molecular flexibility index (Phi) is 9.14. The molecule has 2 aromatic carbocycles. The Labute approximate surface area is 239 Å². The van der Waals surface area contributed by atoms with Crippen LogP contribution in [0.25, 0.3) is 10.8 Å². The predicted octanol–water partition coefficient (Wildman–Crippen LogP) is 5.00. The Balaban J connectivity index is 0.000000517. The van der Waals surface area contributed by atoms with Gasteiger partial charge in [0.25, 0.3) is 11.8 Å². The highest BCUT2D eigenvalue weighted by Crippen LogP contribution is 2.31. The number of carboxylic acids is 1. The zero-order valence-corrected chi connectivity index (χ0v) is 23.0. The topological polar surface area (TPSA) is 105 Å². The van der Waals surface area contributed by atoms with Crippen molar-refractivity contribution in [2.24, 2.45) is 0 Å². The molecule has 0 atom stereocenters. The molecule has 3 heterocycles. The molecule has 2 amide bonds. The number of rotatable bonds is 6. The first-order valence-electron chi connectivity index (χ1n) is 13.0. The van der Waals surface area contributed by atoms with Gasteiger partial charge in [-0.25, -0.2) is 4.79 Å². The molecule has 42 heavy (non-hydrogen) atoms. The van der Waals surface area contributed by atoms with Gasteiger partial charge in [-0.1, -0.05) is 42.5 Å². The van der Waals surface area contributed by atoms with E-state index >= 15 is 0 Å². The van der Waals surface area contributed by atoms with Crippen LogP contribution in [-0.4, -0.2) is 69.1 Å². The standard InChI is InChI=1S/C28H28N4O3.C2HF3O2/c1-30(19-21-8-5-6-15-29-21)27(33)25-23-9-3-4-10-24(23)26-28(34)31(16-7-17-32(25)26)18-20-11-13-22(35-2)14-12-20;3-2(4,5)1(6)7/h3-6,8-15H,7,16-19H2,1-2H3;(H,6,7). The van der Waals surface area contributed by atoms with Crippen molar-refractivity contribution in [2.45, 2.75) is 32.2 Å². The molecular weight excluding hydrogens is 553 g/mol. The molecule has 0 fully saturated rings. The van der Waals surface area contributed by atoms with E-state index in [9.17, 15) is 22.8 Å². The molecule has 0 aliphatic carbocycles. The second kappa shape index (κ2) is 12.8. The average Bonchev–Trinajstić information content (AvgIpc) is 3.21. The molecule has 5 rings (SSSR count). The van der Waals surface area contributed by atoms with Crippen LogP contribution in [0, 0.1) is 0 Å². The summed E-state index contributed by atoms with van der Waals surface area (Å²) < 4.78 is 38.9. The fourth-order valence-corrected chi connectivity index (χ4v) is 4.74. The molecule has 0 saturated heterocycles. The Hall–Kier alpha value is -4.87. The minimum Gasteiger partial charge on any atom is -0.497 e. The van der Waals surface area contributed by atoms with Crippen LogP contribution in [0.15, 0.2) is 72.9 Å². The largest absolute Gasteiger partial charge is 0.497 e. The fraction of sp³-hybridized carbons (Fsp3) is 0.267. The predicted molar refractivity (Wildman–Crippen MR) is 148 cm³/mol. The molecule has 0 saturated carbocycles. The number of ether oxygens (including phenoxy) is 1. The molecule has 12 heteroatoms. The molecule has 0 bridgehead atoms. The lowest BCUT2D eigenvalue weighted by Gasteiger charge is -2.20. The molecule has 1 N–H and O–H groups in total. The maximum absolute atomic E-state index is 13.8. The number of aromatic nitrogens is 2. The van der Waals surface area contributed by atoms with Crippen molar-refractivity contribution in [1.82, 2.24) is 19.4 Å². The summed E-state index contributed by atoms with van der Waals surface area (Å²) in [5, 5.41) is 8.74. The summed E-state index contributed by atoms with van der Waals surface area (Å²) >= 11 is 0. The molecule has 1 aliphatic heterocycles. The summed E-state index contributed by atoms with van der Waals surface area (Å²) in [6.07, 6.45) is -2.59. The zero-order valence-electron chi connectivity index (χ0n) is 23.0. The van der Waals surface area contributed by atoms with E-state index in [-0.39, 0.29) is 11.8 Å². The Morgan fingerprint density at radius 2 is 1.64 bits per heavy atom. The minimum absolute atomic E-state index is 0.0547. The zero-order chi connectivity index (χ0) is 30.4. The second-order valence-electron chi connectivity index (χ2n) is 9.61. The third-order valence-electron chi connectivity index (χ3n) is 6.73. The van der Waals surface area contributed by atoms with Crippen LogP contribution in [0.4, 0.5) is 13.2 Å². The number of aliphatic carboxylic acids is 1. The number of hydrogen-bond acceptors (Lipinski definition) is 5. The number of amides is 2. The van der Waals surface area contributed by atoms with Gasteiger partial charge in [0.1, 0.15) is 17.1 Å². The molecular formula is C30H29F3N4O5. The Morgan fingerprint density at radius 3 is 2.24 bits per heavy atom. The molecule has 220 valence electrons. The van der Waals surface area contributed by atoms with Gasteiger partial charge in [-0.2, -0.15) is 13.2 Å². The number of pyridine rings is 1. The molecule has 0 radical (unpaired) electrons. The lowest BCUT2D eigenvalue weighted by molar-refractivity contribution is -0.192. The third-order valence-corrected chi connectivity index (χ3v) is 6.73. The Bertz CT molecular complexity index is 1570. The van der Waals surface area contributed by atoms with Crippen molar-refractivity contribution in [2.75, 3.05) is 20.7 Å². The molecule has 9 nitrogen and oxygen atoms in total. The first-order chi connectivity index (χ1) is 20.0. The summed E-state index contributed by atoms with van der Waals surface area (Å²) in [5.41, 5.74) is 3.00. The van der Waals surface area contributed by atoms with Crippen molar-refractivity contribution in [3.05, 3.63) is 95.6 Å². The summed E-state index contributed by atoms with van der Waals surface area (Å²) in [5.74, 6) is -2.14. The van der Waals surface area contributed by atoms with Crippen LogP contribution in [-0.2, 0) is 24.4 Å².